The zero-order valence-electron chi connectivity index (χ0n) is 8.53. The van der Waals surface area contributed by atoms with Crippen molar-refractivity contribution in [1.82, 2.24) is 15.0 Å². The first-order valence-corrected chi connectivity index (χ1v) is 5.94. The van der Waals surface area contributed by atoms with Crippen LogP contribution < -0.4 is 4.31 Å². The van der Waals surface area contributed by atoms with Crippen molar-refractivity contribution >= 4 is 15.7 Å². The van der Waals surface area contributed by atoms with E-state index in [1.807, 2.05) is 0 Å². The van der Waals surface area contributed by atoms with Crippen LogP contribution in [0.2, 0.25) is 0 Å². The van der Waals surface area contributed by atoms with Crippen LogP contribution >= 0.6 is 0 Å². The van der Waals surface area contributed by atoms with E-state index in [1.54, 1.807) is 18.3 Å². The minimum atomic E-state index is -3.57. The Morgan fingerprint density at radius 2 is 2.12 bits per heavy atom. The van der Waals surface area contributed by atoms with E-state index in [1.165, 1.54) is 25.8 Å². The number of imidazole rings is 1. The van der Waals surface area contributed by atoms with Gasteiger partial charge in [-0.3, -0.25) is 9.29 Å². The number of hydrogen-bond acceptors (Lipinski definition) is 4. The summed E-state index contributed by atoms with van der Waals surface area (Å²) in [6.45, 7) is 0. The second kappa shape index (κ2) is 3.93. The summed E-state index contributed by atoms with van der Waals surface area (Å²) in [6.07, 6.45) is 5.65. The van der Waals surface area contributed by atoms with E-state index in [2.05, 4.69) is 15.0 Å². The molecule has 2 heterocycles. The molecule has 0 aliphatic rings. The van der Waals surface area contributed by atoms with E-state index in [9.17, 15) is 8.42 Å². The molecule has 0 aliphatic heterocycles. The number of aromatic nitrogens is 3. The van der Waals surface area contributed by atoms with E-state index in [0.717, 1.165) is 4.31 Å². The third-order valence-corrected chi connectivity index (χ3v) is 3.83. The molecule has 0 aromatic carbocycles. The van der Waals surface area contributed by atoms with E-state index in [0.29, 0.717) is 5.69 Å². The lowest BCUT2D eigenvalue weighted by molar-refractivity contribution is 0.591. The van der Waals surface area contributed by atoms with Crippen molar-refractivity contribution < 1.29 is 8.42 Å². The van der Waals surface area contributed by atoms with Gasteiger partial charge in [-0.15, -0.1) is 0 Å². The van der Waals surface area contributed by atoms with Crippen LogP contribution in [-0.2, 0) is 10.0 Å². The Morgan fingerprint density at radius 3 is 2.69 bits per heavy atom. The number of aromatic amines is 1. The van der Waals surface area contributed by atoms with Gasteiger partial charge in [0, 0.05) is 13.2 Å². The molecule has 0 amide bonds. The Labute approximate surface area is 93.0 Å². The van der Waals surface area contributed by atoms with Gasteiger partial charge < -0.3 is 4.98 Å². The maximum absolute atomic E-state index is 12.0. The van der Waals surface area contributed by atoms with Crippen molar-refractivity contribution in [3.05, 3.63) is 37.1 Å². The quantitative estimate of drug-likeness (QED) is 0.850. The predicted octanol–water partition coefficient (Wildman–Crippen LogP) is 0.630. The van der Waals surface area contributed by atoms with Crippen molar-refractivity contribution in [2.24, 2.45) is 0 Å². The Morgan fingerprint density at radius 1 is 1.31 bits per heavy atom. The standard InChI is InChI=1S/C9H10N4O2S/c1-13(8-3-2-4-10-5-8)16(14,15)9-6-11-7-12-9/h2-7H,1H3,(H,11,12). The molecule has 2 aromatic heterocycles. The molecule has 0 spiro atoms. The largest absolute Gasteiger partial charge is 0.334 e. The molecule has 0 fully saturated rings. The average molecular weight is 238 g/mol. The fourth-order valence-electron chi connectivity index (χ4n) is 1.21. The summed E-state index contributed by atoms with van der Waals surface area (Å²) in [6, 6.07) is 3.34. The molecule has 2 aromatic rings. The van der Waals surface area contributed by atoms with Crippen LogP contribution in [-0.4, -0.2) is 30.4 Å². The lowest BCUT2D eigenvalue weighted by Gasteiger charge is -2.17. The predicted molar refractivity (Wildman–Crippen MR) is 58.4 cm³/mol. The van der Waals surface area contributed by atoms with E-state index < -0.39 is 10.0 Å². The van der Waals surface area contributed by atoms with Gasteiger partial charge >= 0.3 is 0 Å². The van der Waals surface area contributed by atoms with E-state index >= 15 is 0 Å². The Hall–Kier alpha value is -1.89. The molecule has 0 aliphatic carbocycles. The molecule has 84 valence electrons. The van der Waals surface area contributed by atoms with Gasteiger partial charge in [0.1, 0.15) is 0 Å². The molecule has 0 saturated heterocycles. The molecular weight excluding hydrogens is 228 g/mol. The SMILES string of the molecule is CN(c1cccnc1)S(=O)(=O)c1cnc[nH]1. The van der Waals surface area contributed by atoms with Crippen LogP contribution in [0.5, 0.6) is 0 Å². The summed E-state index contributed by atoms with van der Waals surface area (Å²) in [4.78, 5) is 10.1. The molecule has 0 saturated carbocycles. The van der Waals surface area contributed by atoms with Gasteiger partial charge in [-0.1, -0.05) is 0 Å². The van der Waals surface area contributed by atoms with E-state index in [-0.39, 0.29) is 5.03 Å². The topological polar surface area (TPSA) is 79.0 Å². The third kappa shape index (κ3) is 1.76. The average Bonchev–Trinajstić information content (AvgIpc) is 2.83. The van der Waals surface area contributed by atoms with Crippen LogP contribution in [0.3, 0.4) is 0 Å². The number of hydrogen-bond donors (Lipinski definition) is 1. The van der Waals surface area contributed by atoms with Gasteiger partial charge in [0.05, 0.1) is 24.4 Å². The molecule has 1 N–H and O–H groups in total. The van der Waals surface area contributed by atoms with Crippen LogP contribution in [0.1, 0.15) is 0 Å². The number of sulfonamides is 1. The fraction of sp³-hybridized carbons (Fsp3) is 0.111. The molecule has 16 heavy (non-hydrogen) atoms. The maximum atomic E-state index is 12.0. The van der Waals surface area contributed by atoms with Crippen molar-refractivity contribution in [2.45, 2.75) is 5.03 Å². The van der Waals surface area contributed by atoms with Crippen LogP contribution in [0.25, 0.3) is 0 Å². The Balaban J connectivity index is 2.40. The molecule has 0 unspecified atom stereocenters. The highest BCUT2D eigenvalue weighted by Crippen LogP contribution is 2.18. The van der Waals surface area contributed by atoms with Gasteiger partial charge in [-0.25, -0.2) is 4.98 Å². The van der Waals surface area contributed by atoms with Gasteiger partial charge in [0.2, 0.25) is 0 Å². The van der Waals surface area contributed by atoms with Crippen LogP contribution in [0.15, 0.2) is 42.1 Å². The summed E-state index contributed by atoms with van der Waals surface area (Å²) in [5.41, 5.74) is 0.497. The van der Waals surface area contributed by atoms with Crippen LogP contribution in [0.4, 0.5) is 5.69 Å². The van der Waals surface area contributed by atoms with Crippen molar-refractivity contribution in [1.29, 1.82) is 0 Å². The van der Waals surface area contributed by atoms with Crippen molar-refractivity contribution in [2.75, 3.05) is 11.4 Å². The lowest BCUT2D eigenvalue weighted by atomic mass is 10.4. The van der Waals surface area contributed by atoms with Crippen LogP contribution in [0, 0.1) is 0 Å². The third-order valence-electron chi connectivity index (χ3n) is 2.12. The van der Waals surface area contributed by atoms with Crippen molar-refractivity contribution in [3.8, 4) is 0 Å². The maximum Gasteiger partial charge on any atom is 0.281 e. The number of nitrogens with one attached hydrogen (secondary N) is 1. The zero-order valence-corrected chi connectivity index (χ0v) is 9.35. The summed E-state index contributed by atoms with van der Waals surface area (Å²) in [5, 5.41) is 0.0545. The van der Waals surface area contributed by atoms with E-state index in [4.69, 9.17) is 0 Å². The monoisotopic (exact) mass is 238 g/mol. The highest BCUT2D eigenvalue weighted by Gasteiger charge is 2.22. The first-order chi connectivity index (χ1) is 7.62. The minimum absolute atomic E-state index is 0.0545. The van der Waals surface area contributed by atoms with Crippen molar-refractivity contribution in [3.63, 3.8) is 0 Å². The number of nitrogens with zero attached hydrogens (tertiary/aromatic N) is 3. The number of H-pyrrole nitrogens is 1. The second-order valence-corrected chi connectivity index (χ2v) is 5.04. The first kappa shape index (κ1) is 10.6. The highest BCUT2D eigenvalue weighted by molar-refractivity contribution is 7.92. The Bertz CT molecular complexity index is 550. The summed E-state index contributed by atoms with van der Waals surface area (Å²) in [5.74, 6) is 0. The summed E-state index contributed by atoms with van der Waals surface area (Å²) in [7, 11) is -2.11. The number of pyridine rings is 1. The first-order valence-electron chi connectivity index (χ1n) is 4.50. The Kier molecular flexibility index (Phi) is 2.61. The number of anilines is 1. The summed E-state index contributed by atoms with van der Waals surface area (Å²) >= 11 is 0. The molecule has 0 radical (unpaired) electrons. The van der Waals surface area contributed by atoms with Gasteiger partial charge in [0.25, 0.3) is 10.0 Å². The lowest BCUT2D eigenvalue weighted by Crippen LogP contribution is -2.26. The van der Waals surface area contributed by atoms with Gasteiger partial charge in [0.15, 0.2) is 5.03 Å². The second-order valence-electron chi connectivity index (χ2n) is 3.10. The molecule has 0 atom stereocenters. The molecule has 2 rings (SSSR count). The van der Waals surface area contributed by atoms with Gasteiger partial charge in [-0.05, 0) is 12.1 Å². The smallest absolute Gasteiger partial charge is 0.281 e. The molecule has 0 bridgehead atoms. The normalized spacial score (nSPS) is 11.3. The molecule has 7 heteroatoms. The molecule has 6 nitrogen and oxygen atoms in total. The fourth-order valence-corrected chi connectivity index (χ4v) is 2.29. The molecular formula is C9H10N4O2S. The zero-order chi connectivity index (χ0) is 11.6. The number of rotatable bonds is 3. The summed E-state index contributed by atoms with van der Waals surface area (Å²) < 4.78 is 25.2. The van der Waals surface area contributed by atoms with Gasteiger partial charge in [-0.2, -0.15) is 8.42 Å². The highest BCUT2D eigenvalue weighted by atomic mass is 32.2. The minimum Gasteiger partial charge on any atom is -0.334 e.